The van der Waals surface area contributed by atoms with Crippen LogP contribution in [0, 0.1) is 29.6 Å². The Balaban J connectivity index is 7.16. The molecule has 0 fully saturated rings. The van der Waals surface area contributed by atoms with Crippen molar-refractivity contribution < 1.29 is 57.5 Å². The van der Waals surface area contributed by atoms with Gasteiger partial charge in [0.1, 0.15) is 66.5 Å². The van der Waals surface area contributed by atoms with Crippen molar-refractivity contribution in [3.8, 4) is 0 Å². The third-order valence-corrected chi connectivity index (χ3v) is 17.5. The van der Waals surface area contributed by atoms with Gasteiger partial charge in [-0.3, -0.25) is 57.5 Å². The van der Waals surface area contributed by atoms with Crippen molar-refractivity contribution in [2.45, 2.75) is 322 Å². The van der Waals surface area contributed by atoms with Crippen molar-refractivity contribution in [2.75, 3.05) is 39.3 Å². The van der Waals surface area contributed by atoms with Crippen LogP contribution in [0.5, 0.6) is 0 Å². The van der Waals surface area contributed by atoms with Crippen LogP contribution in [0.4, 0.5) is 0 Å². The lowest BCUT2D eigenvalue weighted by Crippen LogP contribution is -2.61. The molecular formula is C73H142N18O12. The van der Waals surface area contributed by atoms with Crippen LogP contribution in [-0.2, 0) is 57.5 Å². The summed E-state index contributed by atoms with van der Waals surface area (Å²) in [5, 5.41) is 31.0. The summed E-state index contributed by atoms with van der Waals surface area (Å²) in [6, 6.07) is -12.9. The van der Waals surface area contributed by atoms with Crippen LogP contribution < -0.4 is 98.6 Å². The van der Waals surface area contributed by atoms with Gasteiger partial charge in [-0.1, -0.05) is 102 Å². The molecule has 25 N–H and O–H groups in total. The van der Waals surface area contributed by atoms with Crippen molar-refractivity contribution in [3.05, 3.63) is 0 Å². The zero-order valence-electron chi connectivity index (χ0n) is 64.7. The molecule has 0 heterocycles. The fourth-order valence-electron chi connectivity index (χ4n) is 11.8. The van der Waals surface area contributed by atoms with Gasteiger partial charge in [0, 0.05) is 6.42 Å². The molecule has 0 rings (SSSR count). The van der Waals surface area contributed by atoms with E-state index >= 15 is 0 Å². The number of hydrogen-bond donors (Lipinski definition) is 18. The number of nitrogens with one attached hydrogen (secondary N) is 11. The summed E-state index contributed by atoms with van der Waals surface area (Å²) >= 11 is 0. The highest BCUT2D eigenvalue weighted by atomic mass is 16.2. The molecule has 0 aliphatic carbocycles. The van der Waals surface area contributed by atoms with Gasteiger partial charge >= 0.3 is 0 Å². The lowest BCUT2D eigenvalue weighted by atomic mass is 9.98. The minimum absolute atomic E-state index is 0.00413. The minimum atomic E-state index is -1.27. The Morgan fingerprint density at radius 2 is 0.427 bits per heavy atom. The second-order valence-corrected chi connectivity index (χ2v) is 29.8. The predicted molar refractivity (Wildman–Crippen MR) is 404 cm³/mol. The highest BCUT2D eigenvalue weighted by molar-refractivity contribution is 5.99. The Morgan fingerprint density at radius 1 is 0.233 bits per heavy atom. The van der Waals surface area contributed by atoms with E-state index in [1.54, 1.807) is 0 Å². The van der Waals surface area contributed by atoms with Crippen LogP contribution in [-0.4, -0.2) is 177 Å². The molecule has 103 heavy (non-hydrogen) atoms. The lowest BCUT2D eigenvalue weighted by molar-refractivity contribution is -0.136. The summed E-state index contributed by atoms with van der Waals surface area (Å²) in [4.78, 5) is 170. The number of carbonyl (C=O) groups is 12. The van der Waals surface area contributed by atoms with Crippen LogP contribution in [0.2, 0.25) is 0 Å². The number of hydrogen-bond acceptors (Lipinski definition) is 18. The molecule has 30 nitrogen and oxygen atoms in total. The first-order chi connectivity index (χ1) is 48.8. The molecule has 0 aliphatic rings. The van der Waals surface area contributed by atoms with Gasteiger partial charge in [-0.15, -0.1) is 0 Å². The van der Waals surface area contributed by atoms with E-state index in [0.29, 0.717) is 103 Å². The first kappa shape index (κ1) is 96.4. The van der Waals surface area contributed by atoms with Crippen LogP contribution in [0.15, 0.2) is 0 Å². The van der Waals surface area contributed by atoms with Crippen molar-refractivity contribution in [3.63, 3.8) is 0 Å². The summed E-state index contributed by atoms with van der Waals surface area (Å²) in [5.74, 6) is -8.42. The van der Waals surface area contributed by atoms with Gasteiger partial charge < -0.3 is 98.6 Å². The number of rotatable bonds is 61. The minimum Gasteiger partial charge on any atom is -0.368 e. The molecule has 0 aromatic heterocycles. The predicted octanol–water partition coefficient (Wildman–Crippen LogP) is 1.78. The Hall–Kier alpha value is -6.60. The number of nitrogens with two attached hydrogens (primary N) is 7. The number of primary amides is 1. The number of carbonyl (C=O) groups excluding carboxylic acids is 12. The molecular weight excluding hydrogens is 1320 g/mol. The Morgan fingerprint density at radius 3 is 0.650 bits per heavy atom. The number of unbranched alkanes of at least 4 members (excludes halogenated alkanes) is 9. The van der Waals surface area contributed by atoms with Crippen molar-refractivity contribution >= 4 is 70.9 Å². The number of amides is 12. The highest BCUT2D eigenvalue weighted by Crippen LogP contribution is 2.17. The average Bonchev–Trinajstić information content (AvgIpc) is 0.862. The highest BCUT2D eigenvalue weighted by Gasteiger charge is 2.37. The van der Waals surface area contributed by atoms with E-state index < -0.39 is 131 Å². The first-order valence-corrected chi connectivity index (χ1v) is 38.7. The van der Waals surface area contributed by atoms with Crippen molar-refractivity contribution in [1.82, 2.24) is 58.5 Å². The average molecular weight is 1460 g/mol. The molecule has 0 unspecified atom stereocenters. The van der Waals surface area contributed by atoms with Gasteiger partial charge in [0.05, 0.1) is 0 Å². The molecule has 0 aromatic carbocycles. The topological polar surface area (TPSA) is 519 Å². The normalized spacial score (nSPS) is 14.7. The second-order valence-electron chi connectivity index (χ2n) is 29.8. The zero-order valence-corrected chi connectivity index (χ0v) is 64.7. The van der Waals surface area contributed by atoms with Gasteiger partial charge in [-0.05, 0) is 217 Å². The Labute approximate surface area is 615 Å². The smallest absolute Gasteiger partial charge is 0.243 e. The molecule has 0 saturated heterocycles. The van der Waals surface area contributed by atoms with Gasteiger partial charge in [0.2, 0.25) is 70.9 Å². The Bertz CT molecular complexity index is 2490. The van der Waals surface area contributed by atoms with Crippen molar-refractivity contribution in [1.29, 1.82) is 0 Å². The third kappa shape index (κ3) is 44.1. The maximum Gasteiger partial charge on any atom is 0.243 e. The molecule has 0 bridgehead atoms. The summed E-state index contributed by atoms with van der Waals surface area (Å²) in [6.45, 7) is 22.4. The largest absolute Gasteiger partial charge is 0.368 e. The molecule has 0 radical (unpaired) electrons. The van der Waals surface area contributed by atoms with E-state index in [4.69, 9.17) is 40.1 Å². The summed E-state index contributed by atoms with van der Waals surface area (Å²) in [7, 11) is 0. The van der Waals surface area contributed by atoms with Gasteiger partial charge in [-0.2, -0.15) is 0 Å². The van der Waals surface area contributed by atoms with Gasteiger partial charge in [-0.25, -0.2) is 0 Å². The summed E-state index contributed by atoms with van der Waals surface area (Å²) in [5.41, 5.74) is 40.8. The van der Waals surface area contributed by atoms with E-state index in [1.807, 2.05) is 69.2 Å². The van der Waals surface area contributed by atoms with E-state index in [2.05, 4.69) is 65.4 Å². The monoisotopic (exact) mass is 1460 g/mol. The van der Waals surface area contributed by atoms with E-state index in [1.165, 1.54) is 0 Å². The second kappa shape index (κ2) is 56.7. The standard InChI is InChI=1S/C73H142N18O12/c1-12-13-14-15-16-34-62(92)81-58(42-47(4)5)70(100)87-56(33-27-40-79)66(96)84-55(32-21-26-39-78)69(99)90-61(45-50(10)11)73(103)91-60(44-49(8)9)72(102)86-52(29-18-23-36-75)65(95)83-54(31-20-25-38-77)68(98)89-59(43-48(6)7)71(101)85-51(28-17-22-35-74)64(94)82-53(30-19-24-37-76)67(97)88-57(63(80)93)41-46(2)3/h46-61H,12-45,74-79H2,1-11H3,(H2,80,93)(H,81,92)(H,82,94)(H,83,95)(H,84,96)(H,85,101)(H,86,102)(H,87,100)(H,88,97)(H,89,98)(H,90,99)(H,91,103)/t51-,52-,53-,54-,55-,56-,57-,58-,59-,60-,61-/m0/s1. The van der Waals surface area contributed by atoms with Crippen LogP contribution in [0.1, 0.15) is 256 Å². The van der Waals surface area contributed by atoms with Gasteiger partial charge in [0.15, 0.2) is 0 Å². The molecule has 12 amide bonds. The molecule has 0 saturated carbocycles. The van der Waals surface area contributed by atoms with Crippen LogP contribution >= 0.6 is 0 Å². The summed E-state index contributed by atoms with van der Waals surface area (Å²) in [6.07, 6.45) is 11.3. The van der Waals surface area contributed by atoms with E-state index in [0.717, 1.165) is 25.7 Å². The quantitative estimate of drug-likeness (QED) is 0.0386. The lowest BCUT2D eigenvalue weighted by Gasteiger charge is -2.29. The van der Waals surface area contributed by atoms with E-state index in [9.17, 15) is 57.5 Å². The molecule has 11 atom stereocenters. The molecule has 596 valence electrons. The maximum atomic E-state index is 14.7. The zero-order chi connectivity index (χ0) is 78.0. The molecule has 0 aliphatic heterocycles. The molecule has 0 aromatic rings. The molecule has 0 spiro atoms. The van der Waals surface area contributed by atoms with Crippen LogP contribution in [0.3, 0.4) is 0 Å². The third-order valence-electron chi connectivity index (χ3n) is 17.5. The first-order valence-electron chi connectivity index (χ1n) is 38.7. The fourth-order valence-corrected chi connectivity index (χ4v) is 11.8. The SMILES string of the molecule is CCCCCCCC(=O)N[C@@H](CC(C)C)C(=O)N[C@@H](CCCN)C(=O)N[C@@H](CCCCN)C(=O)N[C@@H](CC(C)C)C(=O)N[C@@H](CC(C)C)C(=O)N[C@@H](CCCCN)C(=O)N[C@@H](CCCCN)C(=O)N[C@@H](CC(C)C)C(=O)N[C@@H](CCCCN)C(=O)N[C@@H](CCCCN)C(=O)N[C@@H](CC(C)C)C(N)=O. The van der Waals surface area contributed by atoms with E-state index in [-0.39, 0.29) is 126 Å². The van der Waals surface area contributed by atoms with Crippen molar-refractivity contribution in [2.24, 2.45) is 69.7 Å². The fraction of sp³-hybridized carbons (Fsp3) is 0.836. The maximum absolute atomic E-state index is 14.7. The molecule has 30 heteroatoms. The van der Waals surface area contributed by atoms with Gasteiger partial charge in [0.25, 0.3) is 0 Å². The summed E-state index contributed by atoms with van der Waals surface area (Å²) < 4.78 is 0. The Kier molecular flexibility index (Phi) is 53.1. The van der Waals surface area contributed by atoms with Crippen LogP contribution in [0.25, 0.3) is 0 Å².